The molecule has 21 heavy (non-hydrogen) atoms. The summed E-state index contributed by atoms with van der Waals surface area (Å²) in [6.07, 6.45) is 0.785. The summed E-state index contributed by atoms with van der Waals surface area (Å²) in [4.78, 5) is 16.0. The summed E-state index contributed by atoms with van der Waals surface area (Å²) >= 11 is 1.69. The molecule has 0 saturated carbocycles. The van der Waals surface area contributed by atoms with E-state index in [-0.39, 0.29) is 30.7 Å². The molecular formula is C13H25Cl2N3O2S. The highest BCUT2D eigenvalue weighted by molar-refractivity contribution is 7.09. The Balaban J connectivity index is 0. The number of methoxy groups -OCH3 is 1. The van der Waals surface area contributed by atoms with Crippen LogP contribution in [0.3, 0.4) is 0 Å². The fourth-order valence-corrected chi connectivity index (χ4v) is 2.34. The Morgan fingerprint density at radius 1 is 1.38 bits per heavy atom. The van der Waals surface area contributed by atoms with Crippen molar-refractivity contribution in [1.29, 1.82) is 0 Å². The molecule has 1 amide bonds. The summed E-state index contributed by atoms with van der Waals surface area (Å²) in [7, 11) is 1.64. The number of thiazole rings is 1. The van der Waals surface area contributed by atoms with Gasteiger partial charge in [0, 0.05) is 37.9 Å². The number of hydrogen-bond acceptors (Lipinski definition) is 5. The number of hydrogen-bond donors (Lipinski definition) is 2. The van der Waals surface area contributed by atoms with Gasteiger partial charge in [-0.1, -0.05) is 13.8 Å². The number of halogens is 2. The minimum Gasteiger partial charge on any atom is -0.383 e. The minimum absolute atomic E-state index is 0. The lowest BCUT2D eigenvalue weighted by Crippen LogP contribution is -2.36. The van der Waals surface area contributed by atoms with Gasteiger partial charge in [0.25, 0.3) is 0 Å². The average Bonchev–Trinajstić information content (AvgIpc) is 2.84. The lowest BCUT2D eigenvalue weighted by molar-refractivity contribution is -0.120. The van der Waals surface area contributed by atoms with E-state index in [1.165, 1.54) is 0 Å². The van der Waals surface area contributed by atoms with Gasteiger partial charge in [0.05, 0.1) is 23.9 Å². The van der Waals surface area contributed by atoms with Crippen LogP contribution in [0.2, 0.25) is 0 Å². The molecule has 0 atom stereocenters. The van der Waals surface area contributed by atoms with Crippen LogP contribution in [0.15, 0.2) is 5.38 Å². The molecule has 0 radical (unpaired) electrons. The first-order valence-corrected chi connectivity index (χ1v) is 7.42. The summed E-state index contributed by atoms with van der Waals surface area (Å²) in [5.41, 5.74) is 1.06. The molecule has 0 aliphatic carbocycles. The first-order chi connectivity index (χ1) is 9.13. The Bertz CT molecular complexity index is 389. The van der Waals surface area contributed by atoms with E-state index in [1.807, 2.05) is 0 Å². The second-order valence-corrected chi connectivity index (χ2v) is 5.49. The summed E-state index contributed by atoms with van der Waals surface area (Å²) in [5.74, 6) is 0.480. The monoisotopic (exact) mass is 357 g/mol. The number of aromatic nitrogens is 1. The van der Waals surface area contributed by atoms with Crippen LogP contribution in [-0.2, 0) is 16.0 Å². The van der Waals surface area contributed by atoms with Crippen LogP contribution in [0.25, 0.3) is 0 Å². The fourth-order valence-electron chi connectivity index (χ4n) is 1.47. The molecule has 1 rings (SSSR count). The predicted molar refractivity (Wildman–Crippen MR) is 92.2 cm³/mol. The van der Waals surface area contributed by atoms with Crippen LogP contribution in [-0.4, -0.2) is 44.2 Å². The number of ether oxygens (including phenoxy) is 1. The van der Waals surface area contributed by atoms with Crippen molar-refractivity contribution in [2.24, 2.45) is 0 Å². The molecule has 0 aliphatic rings. The Morgan fingerprint density at radius 2 is 2.10 bits per heavy atom. The number of carbonyl (C=O) groups excluding carboxylic acids is 1. The third-order valence-corrected chi connectivity index (χ3v) is 3.73. The molecule has 0 bridgehead atoms. The van der Waals surface area contributed by atoms with Gasteiger partial charge in [-0.15, -0.1) is 36.2 Å². The molecular weight excluding hydrogens is 333 g/mol. The molecule has 0 aliphatic heterocycles. The van der Waals surface area contributed by atoms with Crippen molar-refractivity contribution in [3.63, 3.8) is 0 Å². The molecule has 0 saturated heterocycles. The molecule has 1 aromatic rings. The quantitative estimate of drug-likeness (QED) is 0.663. The molecule has 5 nitrogen and oxygen atoms in total. The van der Waals surface area contributed by atoms with Gasteiger partial charge in [0.2, 0.25) is 5.91 Å². The number of rotatable bonds is 9. The van der Waals surface area contributed by atoms with Gasteiger partial charge in [0.1, 0.15) is 0 Å². The Labute approximate surface area is 143 Å². The summed E-state index contributed by atoms with van der Waals surface area (Å²) < 4.78 is 4.88. The van der Waals surface area contributed by atoms with Crippen molar-refractivity contribution in [2.45, 2.75) is 26.2 Å². The summed E-state index contributed by atoms with van der Waals surface area (Å²) in [6, 6.07) is 0. The second-order valence-electron chi connectivity index (χ2n) is 4.60. The van der Waals surface area contributed by atoms with Gasteiger partial charge in [-0.2, -0.15) is 0 Å². The first kappa shape index (κ1) is 22.9. The van der Waals surface area contributed by atoms with E-state index < -0.39 is 0 Å². The van der Waals surface area contributed by atoms with E-state index in [0.717, 1.165) is 17.1 Å². The number of carbonyl (C=O) groups is 1. The highest BCUT2D eigenvalue weighted by atomic mass is 35.5. The molecule has 8 heteroatoms. The van der Waals surface area contributed by atoms with E-state index in [2.05, 4.69) is 34.8 Å². The molecule has 124 valence electrons. The lowest BCUT2D eigenvalue weighted by atomic mass is 10.2. The van der Waals surface area contributed by atoms with Crippen molar-refractivity contribution < 1.29 is 9.53 Å². The Morgan fingerprint density at radius 3 is 2.67 bits per heavy atom. The van der Waals surface area contributed by atoms with Gasteiger partial charge >= 0.3 is 0 Å². The smallest absolute Gasteiger partial charge is 0.233 e. The Hall–Kier alpha value is -0.400. The highest BCUT2D eigenvalue weighted by Crippen LogP contribution is 2.19. The van der Waals surface area contributed by atoms with Gasteiger partial charge in [0.15, 0.2) is 0 Å². The highest BCUT2D eigenvalue weighted by Gasteiger charge is 2.06. The van der Waals surface area contributed by atoms with Crippen LogP contribution >= 0.6 is 36.2 Å². The van der Waals surface area contributed by atoms with E-state index in [0.29, 0.717) is 32.2 Å². The van der Waals surface area contributed by atoms with Gasteiger partial charge < -0.3 is 15.4 Å². The van der Waals surface area contributed by atoms with Crippen LogP contribution < -0.4 is 10.6 Å². The molecule has 0 aromatic carbocycles. The maximum absolute atomic E-state index is 11.5. The fraction of sp³-hybridized carbons (Fsp3) is 0.692. The zero-order chi connectivity index (χ0) is 14.1. The summed E-state index contributed by atoms with van der Waals surface area (Å²) in [6.45, 7) is 6.54. The van der Waals surface area contributed by atoms with E-state index >= 15 is 0 Å². The summed E-state index contributed by atoms with van der Waals surface area (Å²) in [5, 5.41) is 9.10. The van der Waals surface area contributed by atoms with Crippen LogP contribution in [0, 0.1) is 0 Å². The number of nitrogens with zero attached hydrogens (tertiary/aromatic N) is 1. The average molecular weight is 358 g/mol. The second kappa shape index (κ2) is 13.3. The van der Waals surface area contributed by atoms with Crippen LogP contribution in [0.1, 0.15) is 30.5 Å². The third-order valence-electron chi connectivity index (χ3n) is 2.54. The number of nitrogens with one attached hydrogen (secondary N) is 2. The zero-order valence-corrected chi connectivity index (χ0v) is 15.1. The van der Waals surface area contributed by atoms with Crippen molar-refractivity contribution in [3.8, 4) is 0 Å². The van der Waals surface area contributed by atoms with Crippen LogP contribution in [0.5, 0.6) is 0 Å². The van der Waals surface area contributed by atoms with Crippen molar-refractivity contribution in [2.75, 3.05) is 33.4 Å². The zero-order valence-electron chi connectivity index (χ0n) is 12.7. The molecule has 0 fully saturated rings. The molecule has 0 spiro atoms. The maximum atomic E-state index is 11.5. The first-order valence-electron chi connectivity index (χ1n) is 6.54. The SMILES string of the molecule is COCCNCC(=O)NCCc1csc(C(C)C)n1.Cl.Cl. The lowest BCUT2D eigenvalue weighted by Gasteiger charge is -2.05. The van der Waals surface area contributed by atoms with Crippen molar-refractivity contribution in [1.82, 2.24) is 15.6 Å². The normalized spacial score (nSPS) is 9.90. The largest absolute Gasteiger partial charge is 0.383 e. The van der Waals surface area contributed by atoms with Crippen molar-refractivity contribution >= 4 is 42.1 Å². The maximum Gasteiger partial charge on any atom is 0.233 e. The molecule has 1 heterocycles. The van der Waals surface area contributed by atoms with Crippen molar-refractivity contribution in [3.05, 3.63) is 16.1 Å². The molecule has 2 N–H and O–H groups in total. The third kappa shape index (κ3) is 10.0. The minimum atomic E-state index is 0. The van der Waals surface area contributed by atoms with Gasteiger partial charge in [-0.25, -0.2) is 4.98 Å². The molecule has 1 aromatic heterocycles. The van der Waals surface area contributed by atoms with E-state index in [9.17, 15) is 4.79 Å². The van der Waals surface area contributed by atoms with Gasteiger partial charge in [-0.05, 0) is 0 Å². The van der Waals surface area contributed by atoms with E-state index in [1.54, 1.807) is 18.4 Å². The van der Waals surface area contributed by atoms with Crippen LogP contribution in [0.4, 0.5) is 0 Å². The topological polar surface area (TPSA) is 63.2 Å². The standard InChI is InChI=1S/C13H23N3O2S.2ClH/c1-10(2)13-16-11(9-19-13)4-5-15-12(17)8-14-6-7-18-3;;/h9-10,14H,4-8H2,1-3H3,(H,15,17);2*1H. The van der Waals surface area contributed by atoms with E-state index in [4.69, 9.17) is 4.74 Å². The molecule has 0 unspecified atom stereocenters. The predicted octanol–water partition coefficient (Wildman–Crippen LogP) is 2.00. The Kier molecular flexibility index (Phi) is 14.5. The van der Waals surface area contributed by atoms with Gasteiger partial charge in [-0.3, -0.25) is 4.79 Å². The number of amides is 1.